The molecule has 4 rings (SSSR count). The van der Waals surface area contributed by atoms with Crippen LogP contribution in [0.3, 0.4) is 0 Å². The third-order valence-electron chi connectivity index (χ3n) is 6.64. The first-order valence-corrected chi connectivity index (χ1v) is 12.7. The average Bonchev–Trinajstić information content (AvgIpc) is 3.62. The summed E-state index contributed by atoms with van der Waals surface area (Å²) in [6.45, 7) is 2.13. The summed E-state index contributed by atoms with van der Waals surface area (Å²) in [6, 6.07) is 3.69. The lowest BCUT2D eigenvalue weighted by Crippen LogP contribution is -2.46. The van der Waals surface area contributed by atoms with Gasteiger partial charge in [0.2, 0.25) is 15.9 Å². The molecule has 3 fully saturated rings. The molecule has 0 radical (unpaired) electrons. The lowest BCUT2D eigenvalue weighted by atomic mass is 9.96. The molecule has 0 aromatic heterocycles. The fraction of sp³-hybridized carbons (Fsp3) is 0.591. The van der Waals surface area contributed by atoms with Gasteiger partial charge in [0.1, 0.15) is 17.8 Å². The van der Waals surface area contributed by atoms with E-state index in [4.69, 9.17) is 4.74 Å². The van der Waals surface area contributed by atoms with Crippen LogP contribution < -0.4 is 15.4 Å². The van der Waals surface area contributed by atoms with Crippen LogP contribution in [-0.4, -0.2) is 67.8 Å². The summed E-state index contributed by atoms with van der Waals surface area (Å²) in [5.74, 6) is -0.683. The monoisotopic (exact) mass is 478 g/mol. The van der Waals surface area contributed by atoms with Crippen molar-refractivity contribution in [1.29, 1.82) is 0 Å². The Kier molecular flexibility index (Phi) is 6.37. The summed E-state index contributed by atoms with van der Waals surface area (Å²) in [5, 5.41) is 5.31. The van der Waals surface area contributed by atoms with Crippen LogP contribution in [-0.2, 0) is 19.6 Å². The summed E-state index contributed by atoms with van der Waals surface area (Å²) in [5.41, 5.74) is -0.814. The molecule has 10 nitrogen and oxygen atoms in total. The molecule has 2 saturated heterocycles. The second-order valence-corrected chi connectivity index (χ2v) is 11.0. The molecule has 0 unspecified atom stereocenters. The van der Waals surface area contributed by atoms with Crippen molar-refractivity contribution in [3.8, 4) is 5.75 Å². The van der Waals surface area contributed by atoms with Gasteiger partial charge in [-0.1, -0.05) is 12.8 Å². The first-order chi connectivity index (χ1) is 15.7. The van der Waals surface area contributed by atoms with E-state index in [0.29, 0.717) is 13.1 Å². The topological polar surface area (TPSA) is 125 Å². The number of methoxy groups -OCH3 is 1. The van der Waals surface area contributed by atoms with Gasteiger partial charge in [0.05, 0.1) is 17.7 Å². The molecule has 0 spiro atoms. The number of carbonyl (C=O) groups is 3. The van der Waals surface area contributed by atoms with Crippen molar-refractivity contribution in [1.82, 2.24) is 14.5 Å². The van der Waals surface area contributed by atoms with Crippen LogP contribution in [0.25, 0.3) is 0 Å². The fourth-order valence-electron chi connectivity index (χ4n) is 4.51. The number of urea groups is 1. The molecule has 1 aromatic carbocycles. The maximum Gasteiger partial charge on any atom is 0.325 e. The Morgan fingerprint density at radius 3 is 2.45 bits per heavy atom. The molecule has 180 valence electrons. The summed E-state index contributed by atoms with van der Waals surface area (Å²) in [7, 11) is -2.32. The van der Waals surface area contributed by atoms with E-state index >= 15 is 0 Å². The van der Waals surface area contributed by atoms with Gasteiger partial charge in [-0.15, -0.1) is 0 Å². The standard InChI is InChI=1S/C22H30N4O6S/c1-22(15-7-8-15)20(28)26(21(29)24-22)14-19(27)23-17-13-16(9-10-18(17)32-2)33(30,31)25-11-5-3-4-6-12-25/h9-10,13,15H,3-8,11-12,14H2,1-2H3,(H,23,27)(H,24,29)/t22-/m1/s1. The Bertz CT molecular complexity index is 1060. The Morgan fingerprint density at radius 1 is 1.18 bits per heavy atom. The second kappa shape index (κ2) is 8.94. The van der Waals surface area contributed by atoms with E-state index < -0.39 is 40.0 Å². The molecule has 11 heteroatoms. The number of nitrogens with zero attached hydrogens (tertiary/aromatic N) is 2. The summed E-state index contributed by atoms with van der Waals surface area (Å²) < 4.78 is 33.1. The van der Waals surface area contributed by atoms with E-state index in [0.717, 1.165) is 43.4 Å². The molecular weight excluding hydrogens is 448 g/mol. The summed E-state index contributed by atoms with van der Waals surface area (Å²) in [4.78, 5) is 38.8. The van der Waals surface area contributed by atoms with E-state index in [1.165, 1.54) is 29.6 Å². The maximum absolute atomic E-state index is 13.2. The van der Waals surface area contributed by atoms with Gasteiger partial charge in [-0.25, -0.2) is 13.2 Å². The number of carbonyl (C=O) groups excluding carboxylic acids is 3. The van der Waals surface area contributed by atoms with Crippen LogP contribution in [0.4, 0.5) is 10.5 Å². The Morgan fingerprint density at radius 2 is 1.85 bits per heavy atom. The molecule has 2 N–H and O–H groups in total. The highest BCUT2D eigenvalue weighted by molar-refractivity contribution is 7.89. The zero-order chi connectivity index (χ0) is 23.8. The van der Waals surface area contributed by atoms with Gasteiger partial charge in [0.25, 0.3) is 5.91 Å². The van der Waals surface area contributed by atoms with Gasteiger partial charge < -0.3 is 15.4 Å². The van der Waals surface area contributed by atoms with Gasteiger partial charge in [-0.2, -0.15) is 4.31 Å². The molecule has 1 aromatic rings. The largest absolute Gasteiger partial charge is 0.495 e. The van der Waals surface area contributed by atoms with Crippen molar-refractivity contribution in [3.63, 3.8) is 0 Å². The molecule has 2 heterocycles. The van der Waals surface area contributed by atoms with Crippen molar-refractivity contribution in [2.24, 2.45) is 5.92 Å². The van der Waals surface area contributed by atoms with E-state index in [9.17, 15) is 22.8 Å². The van der Waals surface area contributed by atoms with Crippen LogP contribution >= 0.6 is 0 Å². The first-order valence-electron chi connectivity index (χ1n) is 11.3. The van der Waals surface area contributed by atoms with E-state index in [2.05, 4.69) is 10.6 Å². The quantitative estimate of drug-likeness (QED) is 0.577. The molecule has 1 saturated carbocycles. The predicted molar refractivity (Wildman–Crippen MR) is 120 cm³/mol. The molecule has 1 atom stereocenters. The number of anilines is 1. The normalized spacial score (nSPS) is 24.4. The molecule has 1 aliphatic carbocycles. The highest BCUT2D eigenvalue weighted by Crippen LogP contribution is 2.42. The van der Waals surface area contributed by atoms with E-state index in [-0.39, 0.29) is 22.3 Å². The van der Waals surface area contributed by atoms with Gasteiger partial charge in [-0.3, -0.25) is 14.5 Å². The third kappa shape index (κ3) is 4.56. The van der Waals surface area contributed by atoms with Crippen LogP contribution in [0.1, 0.15) is 45.4 Å². The van der Waals surface area contributed by atoms with Crippen molar-refractivity contribution in [2.75, 3.05) is 32.1 Å². The Hall–Kier alpha value is -2.66. The van der Waals surface area contributed by atoms with Gasteiger partial charge in [0.15, 0.2) is 0 Å². The zero-order valence-electron chi connectivity index (χ0n) is 18.9. The summed E-state index contributed by atoms with van der Waals surface area (Å²) >= 11 is 0. The molecular formula is C22H30N4O6S. The Balaban J connectivity index is 1.51. The van der Waals surface area contributed by atoms with Crippen molar-refractivity contribution in [2.45, 2.75) is 55.9 Å². The third-order valence-corrected chi connectivity index (χ3v) is 8.54. The zero-order valence-corrected chi connectivity index (χ0v) is 19.7. The number of benzene rings is 1. The number of hydrogen-bond acceptors (Lipinski definition) is 6. The lowest BCUT2D eigenvalue weighted by Gasteiger charge is -2.21. The SMILES string of the molecule is COc1ccc(S(=O)(=O)N2CCCCCC2)cc1NC(=O)CN1C(=O)N[C@](C)(C2CC2)C1=O. The maximum atomic E-state index is 13.2. The molecule has 4 amide bonds. The summed E-state index contributed by atoms with van der Waals surface area (Å²) in [6.07, 6.45) is 5.34. The number of sulfonamides is 1. The smallest absolute Gasteiger partial charge is 0.325 e. The molecule has 33 heavy (non-hydrogen) atoms. The number of ether oxygens (including phenoxy) is 1. The minimum atomic E-state index is -3.73. The number of imide groups is 1. The van der Waals surface area contributed by atoms with Crippen molar-refractivity contribution < 1.29 is 27.5 Å². The number of hydrogen-bond donors (Lipinski definition) is 2. The molecule has 2 aliphatic heterocycles. The predicted octanol–water partition coefficient (Wildman–Crippen LogP) is 1.92. The number of rotatable bonds is 7. The lowest BCUT2D eigenvalue weighted by molar-refractivity contribution is -0.134. The van der Waals surface area contributed by atoms with Crippen LogP contribution in [0, 0.1) is 5.92 Å². The second-order valence-electron chi connectivity index (χ2n) is 9.03. The highest BCUT2D eigenvalue weighted by Gasteiger charge is 2.56. The highest BCUT2D eigenvalue weighted by atomic mass is 32.2. The Labute approximate surface area is 193 Å². The van der Waals surface area contributed by atoms with Crippen molar-refractivity contribution >= 4 is 33.6 Å². The molecule has 0 bridgehead atoms. The number of amides is 4. The van der Waals surface area contributed by atoms with Crippen LogP contribution in [0.2, 0.25) is 0 Å². The van der Waals surface area contributed by atoms with Gasteiger partial charge in [0, 0.05) is 13.1 Å². The minimum Gasteiger partial charge on any atom is -0.495 e. The van der Waals surface area contributed by atoms with E-state index in [1.807, 2.05) is 0 Å². The molecule has 3 aliphatic rings. The van der Waals surface area contributed by atoms with Gasteiger partial charge in [-0.05, 0) is 56.7 Å². The van der Waals surface area contributed by atoms with Gasteiger partial charge >= 0.3 is 6.03 Å². The number of nitrogens with one attached hydrogen (secondary N) is 2. The van der Waals surface area contributed by atoms with Crippen LogP contribution in [0.5, 0.6) is 5.75 Å². The van der Waals surface area contributed by atoms with E-state index in [1.54, 1.807) is 6.92 Å². The average molecular weight is 479 g/mol. The minimum absolute atomic E-state index is 0.0526. The fourth-order valence-corrected chi connectivity index (χ4v) is 6.05. The van der Waals surface area contributed by atoms with Crippen molar-refractivity contribution in [3.05, 3.63) is 18.2 Å². The first kappa shape index (κ1) is 23.5. The van der Waals surface area contributed by atoms with Crippen LogP contribution in [0.15, 0.2) is 23.1 Å².